The van der Waals surface area contributed by atoms with Gasteiger partial charge in [0.05, 0.1) is 6.26 Å². The molecule has 1 N–H and O–H groups in total. The lowest BCUT2D eigenvalue weighted by Gasteiger charge is -2.33. The fraction of sp³-hybridized carbons (Fsp3) is 0.167. The number of carbonyl (C=O) groups excluding carboxylic acids is 1. The van der Waals surface area contributed by atoms with Crippen LogP contribution >= 0.6 is 0 Å². The van der Waals surface area contributed by atoms with Gasteiger partial charge in [0.15, 0.2) is 11.5 Å². The van der Waals surface area contributed by atoms with E-state index in [1.807, 2.05) is 24.3 Å². The van der Waals surface area contributed by atoms with Gasteiger partial charge in [-0.1, -0.05) is 29.4 Å². The maximum atomic E-state index is 12.8. The maximum Gasteiger partial charge on any atom is 0.326 e. The third-order valence-electron chi connectivity index (χ3n) is 4.29. The summed E-state index contributed by atoms with van der Waals surface area (Å²) in [6.07, 6.45) is 1.75. The number of hydrogen-bond acceptors (Lipinski definition) is 5. The van der Waals surface area contributed by atoms with Crippen LogP contribution in [0.1, 0.15) is 21.6 Å². The fourth-order valence-electron chi connectivity index (χ4n) is 3.02. The SMILES string of the molecule is O=C(O)C1Cc2ccccc2CN1C(=O)c1cc(-c2ccco2)on1. The zero-order chi connectivity index (χ0) is 17.4. The van der Waals surface area contributed by atoms with Crippen LogP contribution < -0.4 is 0 Å². The average molecular weight is 338 g/mol. The van der Waals surface area contributed by atoms with E-state index in [4.69, 9.17) is 8.94 Å². The quantitative estimate of drug-likeness (QED) is 0.788. The number of hydrogen-bond donors (Lipinski definition) is 1. The Labute approximate surface area is 142 Å². The molecule has 1 atom stereocenters. The molecule has 4 rings (SSSR count). The predicted octanol–water partition coefficient (Wildman–Crippen LogP) is 2.59. The van der Waals surface area contributed by atoms with Gasteiger partial charge in [0.2, 0.25) is 5.76 Å². The topological polar surface area (TPSA) is 96.8 Å². The maximum absolute atomic E-state index is 12.8. The summed E-state index contributed by atoms with van der Waals surface area (Å²) >= 11 is 0. The molecule has 1 aliphatic heterocycles. The van der Waals surface area contributed by atoms with Crippen molar-refractivity contribution in [3.05, 3.63) is 65.5 Å². The van der Waals surface area contributed by atoms with Gasteiger partial charge in [0.25, 0.3) is 5.91 Å². The van der Waals surface area contributed by atoms with Crippen LogP contribution in [0.4, 0.5) is 0 Å². The summed E-state index contributed by atoms with van der Waals surface area (Å²) in [6.45, 7) is 0.217. The smallest absolute Gasteiger partial charge is 0.326 e. The van der Waals surface area contributed by atoms with Crippen molar-refractivity contribution in [2.24, 2.45) is 0 Å². The average Bonchev–Trinajstić information content (AvgIpc) is 3.31. The Bertz CT molecular complexity index is 929. The molecule has 7 nitrogen and oxygen atoms in total. The van der Waals surface area contributed by atoms with E-state index < -0.39 is 17.9 Å². The number of carboxylic acids is 1. The lowest BCUT2D eigenvalue weighted by Crippen LogP contribution is -2.48. The second kappa shape index (κ2) is 5.94. The van der Waals surface area contributed by atoms with E-state index in [0.717, 1.165) is 11.1 Å². The summed E-state index contributed by atoms with van der Waals surface area (Å²) < 4.78 is 10.4. The molecule has 1 unspecified atom stereocenters. The molecule has 3 aromatic rings. The molecule has 0 bridgehead atoms. The molecule has 0 radical (unpaired) electrons. The molecule has 2 aromatic heterocycles. The number of aromatic nitrogens is 1. The van der Waals surface area contributed by atoms with Crippen molar-refractivity contribution in [3.63, 3.8) is 0 Å². The summed E-state index contributed by atoms with van der Waals surface area (Å²) in [7, 11) is 0. The summed E-state index contributed by atoms with van der Waals surface area (Å²) in [5.74, 6) is -0.760. The van der Waals surface area contributed by atoms with Crippen molar-refractivity contribution in [1.82, 2.24) is 10.1 Å². The van der Waals surface area contributed by atoms with E-state index in [2.05, 4.69) is 5.16 Å². The van der Waals surface area contributed by atoms with Gasteiger partial charge in [0.1, 0.15) is 6.04 Å². The molecule has 7 heteroatoms. The second-order valence-corrected chi connectivity index (χ2v) is 5.81. The molecule has 0 fully saturated rings. The predicted molar refractivity (Wildman–Crippen MR) is 85.6 cm³/mol. The lowest BCUT2D eigenvalue weighted by atomic mass is 9.93. The Morgan fingerprint density at radius 1 is 1.12 bits per heavy atom. The van der Waals surface area contributed by atoms with Gasteiger partial charge >= 0.3 is 5.97 Å². The standard InChI is InChI=1S/C18H14N2O5/c21-17(13-9-16(25-19-13)15-6-3-7-24-15)20-10-12-5-2-1-4-11(12)8-14(20)18(22)23/h1-7,9,14H,8,10H2,(H,22,23). The number of nitrogens with zero attached hydrogens (tertiary/aromatic N) is 2. The molecule has 0 spiro atoms. The van der Waals surface area contributed by atoms with Crippen molar-refractivity contribution >= 4 is 11.9 Å². The van der Waals surface area contributed by atoms with E-state index in [0.29, 0.717) is 11.5 Å². The number of aliphatic carboxylic acids is 1. The van der Waals surface area contributed by atoms with E-state index in [1.54, 1.807) is 12.1 Å². The van der Waals surface area contributed by atoms with E-state index in [1.165, 1.54) is 17.2 Å². The minimum atomic E-state index is -1.04. The zero-order valence-electron chi connectivity index (χ0n) is 13.1. The van der Waals surface area contributed by atoms with Crippen molar-refractivity contribution in [2.45, 2.75) is 19.0 Å². The first-order valence-electron chi connectivity index (χ1n) is 7.74. The van der Waals surface area contributed by atoms with Gasteiger partial charge in [-0.3, -0.25) is 4.79 Å². The number of carbonyl (C=O) groups is 2. The highest BCUT2D eigenvalue weighted by Gasteiger charge is 2.36. The number of fused-ring (bicyclic) bond motifs is 1. The van der Waals surface area contributed by atoms with Gasteiger partial charge < -0.3 is 18.9 Å². The highest BCUT2D eigenvalue weighted by Crippen LogP contribution is 2.26. The molecule has 0 aliphatic carbocycles. The van der Waals surface area contributed by atoms with E-state index in [9.17, 15) is 14.7 Å². The summed E-state index contributed by atoms with van der Waals surface area (Å²) in [6, 6.07) is 11.4. The Morgan fingerprint density at radius 3 is 2.64 bits per heavy atom. The normalized spacial score (nSPS) is 16.5. The third kappa shape index (κ3) is 2.69. The van der Waals surface area contributed by atoms with Gasteiger partial charge in [-0.05, 0) is 23.3 Å². The highest BCUT2D eigenvalue weighted by atomic mass is 16.5. The number of rotatable bonds is 3. The molecule has 1 amide bonds. The van der Waals surface area contributed by atoms with Crippen LogP contribution in [0, 0.1) is 0 Å². The molecule has 126 valence electrons. The Morgan fingerprint density at radius 2 is 1.92 bits per heavy atom. The van der Waals surface area contributed by atoms with Gasteiger partial charge in [-0.2, -0.15) is 0 Å². The van der Waals surface area contributed by atoms with Crippen molar-refractivity contribution in [1.29, 1.82) is 0 Å². The Hall–Kier alpha value is -3.35. The van der Waals surface area contributed by atoms with Crippen LogP contribution in [0.15, 0.2) is 57.7 Å². The van der Waals surface area contributed by atoms with Crippen molar-refractivity contribution in [2.75, 3.05) is 0 Å². The van der Waals surface area contributed by atoms with Crippen LogP contribution in [-0.2, 0) is 17.8 Å². The minimum Gasteiger partial charge on any atom is -0.480 e. The van der Waals surface area contributed by atoms with Crippen LogP contribution in [0.3, 0.4) is 0 Å². The molecular formula is C18H14N2O5. The van der Waals surface area contributed by atoms with Gasteiger partial charge in [-0.15, -0.1) is 0 Å². The molecule has 25 heavy (non-hydrogen) atoms. The first-order valence-corrected chi connectivity index (χ1v) is 7.74. The summed E-state index contributed by atoms with van der Waals surface area (Å²) in [4.78, 5) is 25.8. The lowest BCUT2D eigenvalue weighted by molar-refractivity contribution is -0.142. The number of benzene rings is 1. The summed E-state index contributed by atoms with van der Waals surface area (Å²) in [5.41, 5.74) is 1.93. The third-order valence-corrected chi connectivity index (χ3v) is 4.29. The number of amides is 1. The first kappa shape index (κ1) is 15.2. The highest BCUT2D eigenvalue weighted by molar-refractivity contribution is 5.96. The van der Waals surface area contributed by atoms with Crippen LogP contribution in [-0.4, -0.2) is 33.1 Å². The Balaban J connectivity index is 1.65. The second-order valence-electron chi connectivity index (χ2n) is 5.81. The largest absolute Gasteiger partial charge is 0.480 e. The van der Waals surface area contributed by atoms with Crippen LogP contribution in [0.2, 0.25) is 0 Å². The molecule has 1 aromatic carbocycles. The summed E-state index contributed by atoms with van der Waals surface area (Å²) in [5, 5.41) is 13.3. The van der Waals surface area contributed by atoms with E-state index >= 15 is 0 Å². The minimum absolute atomic E-state index is 0.0528. The monoisotopic (exact) mass is 338 g/mol. The molecule has 3 heterocycles. The van der Waals surface area contributed by atoms with Crippen molar-refractivity contribution in [3.8, 4) is 11.5 Å². The number of carboxylic acid groups (broad SMARTS) is 1. The first-order chi connectivity index (χ1) is 12.1. The van der Waals surface area contributed by atoms with Crippen LogP contribution in [0.25, 0.3) is 11.5 Å². The van der Waals surface area contributed by atoms with E-state index in [-0.39, 0.29) is 18.7 Å². The van der Waals surface area contributed by atoms with Crippen LogP contribution in [0.5, 0.6) is 0 Å². The molecular weight excluding hydrogens is 324 g/mol. The fourth-order valence-corrected chi connectivity index (χ4v) is 3.02. The van der Waals surface area contributed by atoms with Crippen molar-refractivity contribution < 1.29 is 23.6 Å². The molecule has 0 saturated carbocycles. The number of furan rings is 1. The molecule has 0 saturated heterocycles. The van der Waals surface area contributed by atoms with Gasteiger partial charge in [-0.25, -0.2) is 4.79 Å². The van der Waals surface area contributed by atoms with Gasteiger partial charge in [0, 0.05) is 19.0 Å². The Kier molecular flexibility index (Phi) is 3.61. The zero-order valence-corrected chi connectivity index (χ0v) is 13.1. The molecule has 1 aliphatic rings.